The minimum absolute atomic E-state index is 0.0203. The maximum Gasteiger partial charge on any atom is 0.274 e. The molecule has 2 aliphatic rings. The summed E-state index contributed by atoms with van der Waals surface area (Å²) >= 11 is 13.3. The number of benzene rings is 4. The van der Waals surface area contributed by atoms with Crippen LogP contribution in [0.5, 0.6) is 17.2 Å². The van der Waals surface area contributed by atoms with Crippen LogP contribution in [0.1, 0.15) is 22.3 Å². The highest BCUT2D eigenvalue weighted by Crippen LogP contribution is 2.56. The number of halogens is 2. The third-order valence-corrected chi connectivity index (χ3v) is 11.4. The lowest BCUT2D eigenvalue weighted by Crippen LogP contribution is -2.62. The fraction of sp³-hybridized carbons (Fsp3) is 0.257. The molecule has 0 aromatic heterocycles. The zero-order valence-corrected chi connectivity index (χ0v) is 29.2. The van der Waals surface area contributed by atoms with Crippen molar-refractivity contribution in [2.75, 3.05) is 39.7 Å². The summed E-state index contributed by atoms with van der Waals surface area (Å²) in [7, 11) is 2.81. The Morgan fingerprint density at radius 3 is 2.15 bits per heavy atom. The Morgan fingerprint density at radius 2 is 1.48 bits per heavy atom. The standard InChI is InChI=1S/C35H33Cl2N3O7S/c1-38(2)33(41)29-16-21-10-6-7-11-22(21)20-39(29)35(24-12-8-9-13-30(24)46-4)25-18-26(36)27(37)19-28(25)40(34(35)42)48(43,44)32-15-14-23(45-3)17-31(32)47-5/h6-15,17-19,29H,16,20H2,1-5H3/t29-,35?/m0/s1. The first-order valence-corrected chi connectivity index (χ1v) is 17.1. The van der Waals surface area contributed by atoms with Crippen molar-refractivity contribution in [3.8, 4) is 17.2 Å². The topological polar surface area (TPSA) is 106 Å². The molecule has 250 valence electrons. The number of amides is 2. The van der Waals surface area contributed by atoms with Crippen LogP contribution in [-0.4, -0.2) is 71.5 Å². The largest absolute Gasteiger partial charge is 0.497 e. The average Bonchev–Trinajstić information content (AvgIpc) is 3.34. The zero-order chi connectivity index (χ0) is 34.5. The van der Waals surface area contributed by atoms with E-state index in [2.05, 4.69) is 0 Å². The number of anilines is 1. The van der Waals surface area contributed by atoms with E-state index in [1.54, 1.807) is 43.3 Å². The number of nitrogens with zero attached hydrogens (tertiary/aromatic N) is 3. The van der Waals surface area contributed by atoms with Gasteiger partial charge in [0.15, 0.2) is 5.54 Å². The molecule has 2 amide bonds. The Hall–Kier alpha value is -4.29. The highest BCUT2D eigenvalue weighted by molar-refractivity contribution is 7.93. The molecule has 4 aromatic rings. The number of likely N-dealkylation sites (N-methyl/N-ethyl adjacent to an activating group) is 1. The minimum Gasteiger partial charge on any atom is -0.497 e. The highest BCUT2D eigenvalue weighted by Gasteiger charge is 2.63. The SMILES string of the molecule is COc1ccc(S(=O)(=O)N2C(=O)C(c3ccccc3OC)(N3Cc4ccccc4C[C@H]3C(=O)N(C)C)c3cc(Cl)c(Cl)cc32)c(OC)c1. The summed E-state index contributed by atoms with van der Waals surface area (Å²) in [6.07, 6.45) is 0.257. The molecule has 2 atom stereocenters. The van der Waals surface area contributed by atoms with Gasteiger partial charge in [-0.05, 0) is 47.9 Å². The lowest BCUT2D eigenvalue weighted by molar-refractivity contribution is -0.141. The summed E-state index contributed by atoms with van der Waals surface area (Å²) < 4.78 is 47.0. The molecule has 0 saturated carbocycles. The van der Waals surface area contributed by atoms with Crippen molar-refractivity contribution in [2.24, 2.45) is 0 Å². The van der Waals surface area contributed by atoms with Gasteiger partial charge in [0.1, 0.15) is 22.1 Å². The summed E-state index contributed by atoms with van der Waals surface area (Å²) in [5.41, 5.74) is 0.407. The number of ether oxygens (including phenoxy) is 3. The molecule has 48 heavy (non-hydrogen) atoms. The molecule has 0 N–H and O–H groups in total. The number of sulfonamides is 1. The molecule has 1 unspecified atom stereocenters. The second-order valence-corrected chi connectivity index (χ2v) is 14.2. The van der Waals surface area contributed by atoms with Crippen LogP contribution >= 0.6 is 23.2 Å². The van der Waals surface area contributed by atoms with Gasteiger partial charge in [-0.25, -0.2) is 12.7 Å². The molecular weight excluding hydrogens is 677 g/mol. The molecule has 0 aliphatic carbocycles. The Balaban J connectivity index is 1.73. The maximum absolute atomic E-state index is 15.6. The van der Waals surface area contributed by atoms with E-state index in [0.29, 0.717) is 17.1 Å². The first kappa shape index (κ1) is 33.6. The second kappa shape index (κ2) is 12.6. The van der Waals surface area contributed by atoms with Gasteiger partial charge in [-0.3, -0.25) is 14.5 Å². The van der Waals surface area contributed by atoms with Crippen molar-refractivity contribution in [1.29, 1.82) is 0 Å². The van der Waals surface area contributed by atoms with E-state index in [1.807, 2.05) is 24.3 Å². The Morgan fingerprint density at radius 1 is 0.833 bits per heavy atom. The molecule has 13 heteroatoms. The number of hydrogen-bond donors (Lipinski definition) is 0. The van der Waals surface area contributed by atoms with Gasteiger partial charge in [-0.2, -0.15) is 0 Å². The van der Waals surface area contributed by atoms with E-state index >= 15 is 4.79 Å². The number of para-hydroxylation sites is 1. The van der Waals surface area contributed by atoms with Crippen molar-refractivity contribution < 1.29 is 32.2 Å². The summed E-state index contributed by atoms with van der Waals surface area (Å²) in [5, 5.41) is 0.127. The second-order valence-electron chi connectivity index (χ2n) is 11.6. The number of methoxy groups -OCH3 is 3. The molecule has 10 nitrogen and oxygen atoms in total. The smallest absolute Gasteiger partial charge is 0.274 e. The number of carbonyl (C=O) groups excluding carboxylic acids is 2. The summed E-state index contributed by atoms with van der Waals surface area (Å²) in [6.45, 7) is 0.115. The van der Waals surface area contributed by atoms with Crippen molar-refractivity contribution >= 4 is 50.7 Å². The number of hydrogen-bond acceptors (Lipinski definition) is 8. The average molecular weight is 711 g/mol. The van der Waals surface area contributed by atoms with E-state index in [4.69, 9.17) is 37.4 Å². The van der Waals surface area contributed by atoms with Gasteiger partial charge in [0.2, 0.25) is 5.91 Å². The highest BCUT2D eigenvalue weighted by atomic mass is 35.5. The fourth-order valence-corrected chi connectivity index (χ4v) is 8.64. The first-order valence-electron chi connectivity index (χ1n) is 14.9. The van der Waals surface area contributed by atoms with Crippen molar-refractivity contribution in [1.82, 2.24) is 9.80 Å². The van der Waals surface area contributed by atoms with Gasteiger partial charge in [-0.1, -0.05) is 65.7 Å². The van der Waals surface area contributed by atoms with Gasteiger partial charge in [0.05, 0.1) is 43.1 Å². The Labute approximate surface area is 289 Å². The van der Waals surface area contributed by atoms with E-state index in [-0.39, 0.29) is 50.8 Å². The zero-order valence-electron chi connectivity index (χ0n) is 26.9. The lowest BCUT2D eigenvalue weighted by Gasteiger charge is -2.47. The summed E-state index contributed by atoms with van der Waals surface area (Å²) in [4.78, 5) is 32.7. The number of fused-ring (bicyclic) bond motifs is 2. The predicted molar refractivity (Wildman–Crippen MR) is 183 cm³/mol. The van der Waals surface area contributed by atoms with Gasteiger partial charge in [-0.15, -0.1) is 0 Å². The van der Waals surface area contributed by atoms with Crippen LogP contribution < -0.4 is 18.5 Å². The monoisotopic (exact) mass is 709 g/mol. The molecule has 0 bridgehead atoms. The third kappa shape index (κ3) is 5.07. The lowest BCUT2D eigenvalue weighted by atomic mass is 9.77. The summed E-state index contributed by atoms with van der Waals surface area (Å²) in [5.74, 6) is -0.514. The normalized spacial score (nSPS) is 19.0. The first-order chi connectivity index (χ1) is 22.9. The quantitative estimate of drug-likeness (QED) is 0.236. The predicted octanol–water partition coefficient (Wildman–Crippen LogP) is 5.51. The van der Waals surface area contributed by atoms with Gasteiger partial charge in [0, 0.05) is 37.8 Å². The van der Waals surface area contributed by atoms with E-state index < -0.39 is 27.5 Å². The van der Waals surface area contributed by atoms with Gasteiger partial charge < -0.3 is 19.1 Å². The van der Waals surface area contributed by atoms with Crippen LogP contribution in [0.3, 0.4) is 0 Å². The fourth-order valence-electron chi connectivity index (χ4n) is 6.72. The van der Waals surface area contributed by atoms with Crippen LogP contribution in [0.15, 0.2) is 83.8 Å². The van der Waals surface area contributed by atoms with Crippen LogP contribution in [-0.2, 0) is 38.1 Å². The summed E-state index contributed by atoms with van der Waals surface area (Å²) in [6, 6.07) is 20.7. The molecule has 6 rings (SSSR count). The van der Waals surface area contributed by atoms with Crippen LogP contribution in [0.2, 0.25) is 10.0 Å². The third-order valence-electron chi connectivity index (χ3n) is 8.93. The number of rotatable bonds is 8. The van der Waals surface area contributed by atoms with Crippen LogP contribution in [0.4, 0.5) is 5.69 Å². The molecular formula is C35H33Cl2N3O7S. The van der Waals surface area contributed by atoms with Gasteiger partial charge in [0.25, 0.3) is 15.9 Å². The molecule has 4 aromatic carbocycles. The maximum atomic E-state index is 15.6. The van der Waals surface area contributed by atoms with E-state index in [1.165, 1.54) is 56.6 Å². The molecule has 0 fully saturated rings. The molecule has 0 saturated heterocycles. The van der Waals surface area contributed by atoms with Crippen LogP contribution in [0.25, 0.3) is 0 Å². The van der Waals surface area contributed by atoms with Crippen molar-refractivity contribution in [3.63, 3.8) is 0 Å². The van der Waals surface area contributed by atoms with Crippen molar-refractivity contribution in [2.45, 2.75) is 29.4 Å². The molecule has 2 aliphatic heterocycles. The number of carbonyl (C=O) groups is 2. The molecule has 0 radical (unpaired) electrons. The van der Waals surface area contributed by atoms with Crippen molar-refractivity contribution in [3.05, 3.63) is 111 Å². The Bertz CT molecular complexity index is 2060. The minimum atomic E-state index is -4.71. The van der Waals surface area contributed by atoms with E-state index in [0.717, 1.165) is 15.4 Å². The van der Waals surface area contributed by atoms with Gasteiger partial charge >= 0.3 is 0 Å². The van der Waals surface area contributed by atoms with Crippen LogP contribution in [0, 0.1) is 0 Å². The van der Waals surface area contributed by atoms with E-state index in [9.17, 15) is 13.2 Å². The molecule has 0 spiro atoms. The Kier molecular flexibility index (Phi) is 8.84. The molecule has 2 heterocycles.